The maximum atomic E-state index is 8.39. The van der Waals surface area contributed by atoms with E-state index >= 15 is 0 Å². The molecule has 13 heavy (non-hydrogen) atoms. The molecule has 66 valence electrons. The zero-order valence-electron chi connectivity index (χ0n) is 6.53. The van der Waals surface area contributed by atoms with E-state index in [0.717, 1.165) is 21.1 Å². The van der Waals surface area contributed by atoms with Crippen molar-refractivity contribution >= 4 is 33.2 Å². The maximum Gasteiger partial charge on any atom is 0.137 e. The summed E-state index contributed by atoms with van der Waals surface area (Å²) in [5.74, 6) is 0. The summed E-state index contributed by atoms with van der Waals surface area (Å²) >= 11 is 3.32. The summed E-state index contributed by atoms with van der Waals surface area (Å²) in [6.45, 7) is 0. The fourth-order valence-corrected chi connectivity index (χ4v) is 1.50. The predicted molar refractivity (Wildman–Crippen MR) is 53.2 cm³/mol. The quantitative estimate of drug-likeness (QED) is 0.455. The molecule has 0 bridgehead atoms. The summed E-state index contributed by atoms with van der Waals surface area (Å²) in [6.07, 6.45) is 4.81. The monoisotopic (exact) mass is 239 g/mol. The van der Waals surface area contributed by atoms with E-state index in [1.807, 2.05) is 6.07 Å². The molecular weight excluding hydrogens is 234 g/mol. The molecule has 0 saturated carbocycles. The lowest BCUT2D eigenvalue weighted by Crippen LogP contribution is -1.79. The summed E-state index contributed by atoms with van der Waals surface area (Å²) in [4.78, 5) is 7.10. The molecule has 0 unspecified atom stereocenters. The highest BCUT2D eigenvalue weighted by Gasteiger charge is 2.02. The second-order valence-corrected chi connectivity index (χ2v) is 3.45. The lowest BCUT2D eigenvalue weighted by atomic mass is 10.2. The van der Waals surface area contributed by atoms with Crippen molar-refractivity contribution in [2.75, 3.05) is 0 Å². The highest BCUT2D eigenvalue weighted by atomic mass is 79.9. The van der Waals surface area contributed by atoms with Gasteiger partial charge in [-0.05, 0) is 22.0 Å². The van der Waals surface area contributed by atoms with Crippen LogP contribution in [0.3, 0.4) is 0 Å². The third kappa shape index (κ3) is 1.42. The third-order valence-electron chi connectivity index (χ3n) is 1.73. The molecule has 0 aliphatic carbocycles. The Morgan fingerprint density at radius 3 is 3.23 bits per heavy atom. The van der Waals surface area contributed by atoms with Gasteiger partial charge in [-0.25, -0.2) is 4.98 Å². The molecule has 0 fully saturated rings. The standard InChI is InChI=1S/C8H6BrN3O/c9-6-1-7-5(3-12-13)2-10-8(7)11-4-6/h1-4,13H,(H,10,11)/b12-3+. The van der Waals surface area contributed by atoms with Crippen LogP contribution in [-0.2, 0) is 0 Å². The molecule has 2 N–H and O–H groups in total. The number of fused-ring (bicyclic) bond motifs is 1. The van der Waals surface area contributed by atoms with Crippen LogP contribution in [0.1, 0.15) is 5.56 Å². The molecular formula is C8H6BrN3O. The minimum Gasteiger partial charge on any atom is -0.411 e. The number of pyridine rings is 1. The van der Waals surface area contributed by atoms with Crippen LogP contribution in [0.25, 0.3) is 11.0 Å². The molecule has 2 rings (SSSR count). The summed E-state index contributed by atoms with van der Waals surface area (Å²) in [5.41, 5.74) is 1.59. The molecule has 2 aromatic heterocycles. The zero-order valence-corrected chi connectivity index (χ0v) is 8.12. The number of rotatable bonds is 1. The number of H-pyrrole nitrogens is 1. The molecule has 0 aliphatic heterocycles. The number of nitrogens with zero attached hydrogens (tertiary/aromatic N) is 2. The number of hydrogen-bond donors (Lipinski definition) is 2. The largest absolute Gasteiger partial charge is 0.411 e. The highest BCUT2D eigenvalue weighted by Crippen LogP contribution is 2.19. The molecule has 5 heteroatoms. The summed E-state index contributed by atoms with van der Waals surface area (Å²) in [7, 11) is 0. The van der Waals surface area contributed by atoms with Gasteiger partial charge in [-0.15, -0.1) is 0 Å². The number of hydrogen-bond acceptors (Lipinski definition) is 3. The average Bonchev–Trinajstić information content (AvgIpc) is 2.49. The lowest BCUT2D eigenvalue weighted by molar-refractivity contribution is 0.322. The van der Waals surface area contributed by atoms with Crippen LogP contribution in [-0.4, -0.2) is 21.4 Å². The molecule has 0 atom stereocenters. The Morgan fingerprint density at radius 2 is 2.46 bits per heavy atom. The van der Waals surface area contributed by atoms with E-state index in [4.69, 9.17) is 5.21 Å². The molecule has 2 heterocycles. The fourth-order valence-electron chi connectivity index (χ4n) is 1.17. The molecule has 0 radical (unpaired) electrons. The van der Waals surface area contributed by atoms with E-state index in [9.17, 15) is 0 Å². The van der Waals surface area contributed by atoms with E-state index in [0.29, 0.717) is 0 Å². The van der Waals surface area contributed by atoms with Crippen molar-refractivity contribution in [1.29, 1.82) is 0 Å². The van der Waals surface area contributed by atoms with Gasteiger partial charge < -0.3 is 10.2 Å². The average molecular weight is 240 g/mol. The SMILES string of the molecule is O/N=C/c1c[nH]c2ncc(Br)cc12. The van der Waals surface area contributed by atoms with Crippen LogP contribution < -0.4 is 0 Å². The molecule has 0 aliphatic rings. The summed E-state index contributed by atoms with van der Waals surface area (Å²) < 4.78 is 0.896. The maximum absolute atomic E-state index is 8.39. The van der Waals surface area contributed by atoms with Gasteiger partial charge in [0.1, 0.15) is 5.65 Å². The number of nitrogens with one attached hydrogen (secondary N) is 1. The molecule has 0 spiro atoms. The van der Waals surface area contributed by atoms with Crippen LogP contribution in [0.4, 0.5) is 0 Å². The van der Waals surface area contributed by atoms with E-state index in [1.54, 1.807) is 12.4 Å². The highest BCUT2D eigenvalue weighted by molar-refractivity contribution is 9.10. The Labute approximate surface area is 82.4 Å². The van der Waals surface area contributed by atoms with E-state index in [2.05, 4.69) is 31.1 Å². The number of halogens is 1. The van der Waals surface area contributed by atoms with Gasteiger partial charge >= 0.3 is 0 Å². The fraction of sp³-hybridized carbons (Fsp3) is 0. The van der Waals surface area contributed by atoms with Crippen LogP contribution in [0.5, 0.6) is 0 Å². The van der Waals surface area contributed by atoms with Crippen LogP contribution in [0.15, 0.2) is 28.1 Å². The van der Waals surface area contributed by atoms with E-state index < -0.39 is 0 Å². The van der Waals surface area contributed by atoms with Gasteiger partial charge in [0, 0.05) is 27.8 Å². The number of aromatic nitrogens is 2. The first kappa shape index (κ1) is 8.25. The Bertz CT molecular complexity index is 463. The predicted octanol–water partition coefficient (Wildman–Crippen LogP) is 2.13. The van der Waals surface area contributed by atoms with Crippen molar-refractivity contribution < 1.29 is 5.21 Å². The normalized spacial score (nSPS) is 11.5. The molecule has 0 aromatic carbocycles. The Morgan fingerprint density at radius 1 is 1.62 bits per heavy atom. The minimum atomic E-state index is 0.776. The second-order valence-electron chi connectivity index (χ2n) is 2.54. The van der Waals surface area contributed by atoms with E-state index in [1.165, 1.54) is 6.21 Å². The van der Waals surface area contributed by atoms with E-state index in [-0.39, 0.29) is 0 Å². The van der Waals surface area contributed by atoms with Crippen LogP contribution >= 0.6 is 15.9 Å². The van der Waals surface area contributed by atoms with Gasteiger partial charge in [0.05, 0.1) is 6.21 Å². The van der Waals surface area contributed by atoms with Crippen molar-refractivity contribution in [3.8, 4) is 0 Å². The van der Waals surface area contributed by atoms with Crippen molar-refractivity contribution in [3.63, 3.8) is 0 Å². The first-order valence-corrected chi connectivity index (χ1v) is 4.40. The van der Waals surface area contributed by atoms with Crippen molar-refractivity contribution in [2.45, 2.75) is 0 Å². The summed E-state index contributed by atoms with van der Waals surface area (Å²) in [5, 5.41) is 12.3. The Hall–Kier alpha value is -1.36. The van der Waals surface area contributed by atoms with Gasteiger partial charge in [0.25, 0.3) is 0 Å². The van der Waals surface area contributed by atoms with Crippen molar-refractivity contribution in [3.05, 3.63) is 28.5 Å². The number of aromatic amines is 1. The van der Waals surface area contributed by atoms with Gasteiger partial charge in [0.2, 0.25) is 0 Å². The third-order valence-corrected chi connectivity index (χ3v) is 2.16. The lowest BCUT2D eigenvalue weighted by Gasteiger charge is -1.91. The van der Waals surface area contributed by atoms with Gasteiger partial charge in [-0.1, -0.05) is 5.16 Å². The van der Waals surface area contributed by atoms with Gasteiger partial charge in [-0.2, -0.15) is 0 Å². The second kappa shape index (κ2) is 3.18. The Balaban J connectivity index is 2.71. The topological polar surface area (TPSA) is 61.3 Å². The number of oxime groups is 1. The molecule has 0 saturated heterocycles. The minimum absolute atomic E-state index is 0.776. The first-order chi connectivity index (χ1) is 6.31. The Kier molecular flexibility index (Phi) is 2.02. The van der Waals surface area contributed by atoms with Crippen LogP contribution in [0.2, 0.25) is 0 Å². The molecule has 2 aromatic rings. The molecule has 4 nitrogen and oxygen atoms in total. The van der Waals surface area contributed by atoms with Crippen LogP contribution in [0, 0.1) is 0 Å². The smallest absolute Gasteiger partial charge is 0.137 e. The van der Waals surface area contributed by atoms with Gasteiger partial charge in [-0.3, -0.25) is 0 Å². The van der Waals surface area contributed by atoms with Gasteiger partial charge in [0.15, 0.2) is 0 Å². The molecule has 0 amide bonds. The van der Waals surface area contributed by atoms with Crippen molar-refractivity contribution in [1.82, 2.24) is 9.97 Å². The van der Waals surface area contributed by atoms with Crippen molar-refractivity contribution in [2.24, 2.45) is 5.16 Å². The zero-order chi connectivity index (χ0) is 9.26. The first-order valence-electron chi connectivity index (χ1n) is 3.61. The summed E-state index contributed by atoms with van der Waals surface area (Å²) in [6, 6.07) is 1.91.